The highest BCUT2D eigenvalue weighted by atomic mass is 35.5. The van der Waals surface area contributed by atoms with Crippen LogP contribution in [0.5, 0.6) is 0 Å². The third kappa shape index (κ3) is 2.33. The predicted octanol–water partition coefficient (Wildman–Crippen LogP) is 2.04. The molecule has 1 fully saturated rings. The third-order valence-electron chi connectivity index (χ3n) is 3.82. The molecule has 8 heteroatoms. The summed E-state index contributed by atoms with van der Waals surface area (Å²) in [4.78, 5) is 12.2. The molecule has 2 rings (SSSR count). The van der Waals surface area contributed by atoms with Crippen molar-refractivity contribution in [3.05, 3.63) is 16.4 Å². The van der Waals surface area contributed by atoms with E-state index in [9.17, 15) is 18.0 Å². The molecule has 2 heterocycles. The molecule has 1 aromatic heterocycles. The Bertz CT molecular complexity index is 533. The van der Waals surface area contributed by atoms with Crippen LogP contribution in [-0.4, -0.2) is 34.8 Å². The molecule has 4 nitrogen and oxygen atoms in total. The van der Waals surface area contributed by atoms with Gasteiger partial charge in [-0.3, -0.25) is 9.48 Å². The molecule has 1 aliphatic heterocycles. The number of hydrogen-bond donors (Lipinski definition) is 1. The van der Waals surface area contributed by atoms with Crippen molar-refractivity contribution in [2.45, 2.75) is 25.9 Å². The van der Waals surface area contributed by atoms with Crippen LogP contribution in [0.3, 0.4) is 0 Å². The molecule has 1 saturated heterocycles. The summed E-state index contributed by atoms with van der Waals surface area (Å²) in [5, 5.41) is 6.89. The average molecular weight is 310 g/mol. The zero-order valence-electron chi connectivity index (χ0n) is 11.1. The average Bonchev–Trinajstić information content (AvgIpc) is 2.91. The quantitative estimate of drug-likeness (QED) is 0.929. The lowest BCUT2D eigenvalue weighted by molar-refractivity contribution is -0.214. The number of aryl methyl sites for hydroxylation is 2. The summed E-state index contributed by atoms with van der Waals surface area (Å²) in [6, 6.07) is 0. The summed E-state index contributed by atoms with van der Waals surface area (Å²) < 4.78 is 41.1. The maximum absolute atomic E-state index is 13.3. The molecule has 20 heavy (non-hydrogen) atoms. The molecule has 112 valence electrons. The van der Waals surface area contributed by atoms with Crippen molar-refractivity contribution < 1.29 is 18.0 Å². The second kappa shape index (κ2) is 5.04. The minimum atomic E-state index is -4.56. The van der Waals surface area contributed by atoms with E-state index in [2.05, 4.69) is 10.4 Å². The number of nitrogens with one attached hydrogen (secondary N) is 1. The maximum atomic E-state index is 13.3. The Morgan fingerprint density at radius 2 is 2.20 bits per heavy atom. The SMILES string of the molecule is Cc1nn(C)c(CC(=O)C2(C(F)(F)F)CCNC2)c1Cl. The van der Waals surface area contributed by atoms with E-state index in [0.29, 0.717) is 11.4 Å². The molecule has 1 N–H and O–H groups in total. The normalized spacial score (nSPS) is 23.3. The van der Waals surface area contributed by atoms with E-state index in [4.69, 9.17) is 11.6 Å². The molecule has 0 radical (unpaired) electrons. The lowest BCUT2D eigenvalue weighted by atomic mass is 9.80. The van der Waals surface area contributed by atoms with Gasteiger partial charge >= 0.3 is 6.18 Å². The molecule has 0 amide bonds. The fraction of sp³-hybridized carbons (Fsp3) is 0.667. The van der Waals surface area contributed by atoms with Crippen LogP contribution in [0, 0.1) is 12.3 Å². The molecule has 1 aromatic rings. The van der Waals surface area contributed by atoms with Gasteiger partial charge in [0.15, 0.2) is 5.78 Å². The van der Waals surface area contributed by atoms with Crippen LogP contribution in [0.4, 0.5) is 13.2 Å². The van der Waals surface area contributed by atoms with E-state index in [1.165, 1.54) is 4.68 Å². The number of rotatable bonds is 3. The number of hydrogen-bond acceptors (Lipinski definition) is 3. The van der Waals surface area contributed by atoms with Crippen LogP contribution in [0.15, 0.2) is 0 Å². The summed E-state index contributed by atoms with van der Waals surface area (Å²) in [7, 11) is 1.56. The van der Waals surface area contributed by atoms with Gasteiger partial charge in [-0.15, -0.1) is 0 Å². The van der Waals surface area contributed by atoms with Crippen molar-refractivity contribution >= 4 is 17.4 Å². The van der Waals surface area contributed by atoms with Gasteiger partial charge in [-0.2, -0.15) is 18.3 Å². The standard InChI is InChI=1S/C12H15ClF3N3O/c1-7-10(13)8(19(2)18-7)5-9(20)11(12(14,15)16)3-4-17-6-11/h17H,3-6H2,1-2H3. The topological polar surface area (TPSA) is 46.9 Å². The number of halogens is 4. The van der Waals surface area contributed by atoms with Gasteiger partial charge in [0.25, 0.3) is 0 Å². The van der Waals surface area contributed by atoms with Gasteiger partial charge < -0.3 is 5.32 Å². The third-order valence-corrected chi connectivity index (χ3v) is 4.31. The first-order chi connectivity index (χ1) is 9.19. The van der Waals surface area contributed by atoms with E-state index in [-0.39, 0.29) is 31.0 Å². The minimum absolute atomic E-state index is 0.184. The van der Waals surface area contributed by atoms with Crippen molar-refractivity contribution in [1.82, 2.24) is 15.1 Å². The lowest BCUT2D eigenvalue weighted by Crippen LogP contribution is -2.47. The minimum Gasteiger partial charge on any atom is -0.315 e. The maximum Gasteiger partial charge on any atom is 0.402 e. The monoisotopic (exact) mass is 309 g/mol. The molecule has 1 atom stereocenters. The van der Waals surface area contributed by atoms with Crippen molar-refractivity contribution in [3.8, 4) is 0 Å². The van der Waals surface area contributed by atoms with Crippen LogP contribution in [0.25, 0.3) is 0 Å². The summed E-state index contributed by atoms with van der Waals surface area (Å²) in [6.07, 6.45) is -5.16. The molecule has 1 aliphatic rings. The number of alkyl halides is 3. The van der Waals surface area contributed by atoms with E-state index in [1.807, 2.05) is 0 Å². The first-order valence-electron chi connectivity index (χ1n) is 6.18. The summed E-state index contributed by atoms with van der Waals surface area (Å²) in [5.41, 5.74) is -1.48. The fourth-order valence-corrected chi connectivity index (χ4v) is 2.75. The van der Waals surface area contributed by atoms with E-state index in [1.54, 1.807) is 14.0 Å². The Hall–Kier alpha value is -1.08. The number of carbonyl (C=O) groups is 1. The number of nitrogens with zero attached hydrogens (tertiary/aromatic N) is 2. The van der Waals surface area contributed by atoms with Crippen molar-refractivity contribution in [3.63, 3.8) is 0 Å². The summed E-state index contributed by atoms with van der Waals surface area (Å²) >= 11 is 5.99. The zero-order chi connectivity index (χ0) is 15.1. The van der Waals surface area contributed by atoms with Gasteiger partial charge in [0.05, 0.1) is 22.8 Å². The van der Waals surface area contributed by atoms with Gasteiger partial charge in [-0.1, -0.05) is 11.6 Å². The first-order valence-corrected chi connectivity index (χ1v) is 6.55. The number of Topliss-reactive ketones (excluding diaryl/α,β-unsaturated/α-hetero) is 1. The highest BCUT2D eigenvalue weighted by molar-refractivity contribution is 6.32. The van der Waals surface area contributed by atoms with Gasteiger partial charge in [0, 0.05) is 13.6 Å². The van der Waals surface area contributed by atoms with Crippen molar-refractivity contribution in [1.29, 1.82) is 0 Å². The molecule has 0 saturated carbocycles. The highest BCUT2D eigenvalue weighted by Gasteiger charge is 2.60. The predicted molar refractivity (Wildman–Crippen MR) is 67.6 cm³/mol. The largest absolute Gasteiger partial charge is 0.402 e. The van der Waals surface area contributed by atoms with Crippen molar-refractivity contribution in [2.75, 3.05) is 13.1 Å². The number of aromatic nitrogens is 2. The second-order valence-electron chi connectivity index (χ2n) is 5.08. The molecule has 1 unspecified atom stereocenters. The van der Waals surface area contributed by atoms with Gasteiger partial charge in [0.2, 0.25) is 0 Å². The summed E-state index contributed by atoms with van der Waals surface area (Å²) in [5.74, 6) is -0.861. The molecule has 0 aliphatic carbocycles. The Kier molecular flexibility index (Phi) is 3.85. The fourth-order valence-electron chi connectivity index (χ4n) is 2.52. The Morgan fingerprint density at radius 3 is 2.60 bits per heavy atom. The molecular weight excluding hydrogens is 295 g/mol. The zero-order valence-corrected chi connectivity index (χ0v) is 11.9. The number of carbonyl (C=O) groups excluding carboxylic acids is 1. The van der Waals surface area contributed by atoms with Crippen molar-refractivity contribution in [2.24, 2.45) is 12.5 Å². The smallest absolute Gasteiger partial charge is 0.315 e. The van der Waals surface area contributed by atoms with Gasteiger partial charge in [-0.25, -0.2) is 0 Å². The molecule has 0 aromatic carbocycles. The first kappa shape index (κ1) is 15.3. The second-order valence-corrected chi connectivity index (χ2v) is 5.45. The molecule has 0 spiro atoms. The van der Waals surface area contributed by atoms with Crippen LogP contribution in [0.2, 0.25) is 5.02 Å². The van der Waals surface area contributed by atoms with Crippen LogP contribution < -0.4 is 5.32 Å². The van der Waals surface area contributed by atoms with E-state index >= 15 is 0 Å². The lowest BCUT2D eigenvalue weighted by Gasteiger charge is -2.29. The van der Waals surface area contributed by atoms with Crippen LogP contribution >= 0.6 is 11.6 Å². The van der Waals surface area contributed by atoms with Gasteiger partial charge in [0.1, 0.15) is 5.41 Å². The summed E-state index contributed by atoms with van der Waals surface area (Å²) in [6.45, 7) is 1.46. The van der Waals surface area contributed by atoms with Crippen LogP contribution in [0.1, 0.15) is 17.8 Å². The van der Waals surface area contributed by atoms with Gasteiger partial charge in [-0.05, 0) is 19.9 Å². The Morgan fingerprint density at radius 1 is 1.55 bits per heavy atom. The molecule has 0 bridgehead atoms. The van der Waals surface area contributed by atoms with E-state index < -0.39 is 17.4 Å². The van der Waals surface area contributed by atoms with E-state index in [0.717, 1.165) is 0 Å². The Balaban J connectivity index is 2.31. The van der Waals surface area contributed by atoms with Crippen LogP contribution in [-0.2, 0) is 18.3 Å². The molecular formula is C12H15ClF3N3O. The highest BCUT2D eigenvalue weighted by Crippen LogP contribution is 2.44. The number of ketones is 1. The Labute approximate surface area is 119 Å².